The molecule has 0 atom stereocenters. The number of carbonyl (C=O) groups is 2. The van der Waals surface area contributed by atoms with Crippen molar-refractivity contribution in [3.63, 3.8) is 0 Å². The van der Waals surface area contributed by atoms with Gasteiger partial charge in [0.1, 0.15) is 40.5 Å². The second kappa shape index (κ2) is 30.0. The molecular formula is C53H82N12O3S. The number of hydrogen-bond donors (Lipinski definition) is 2. The number of aromatic nitrogens is 11. The van der Waals surface area contributed by atoms with Crippen molar-refractivity contribution in [3.8, 4) is 0 Å². The zero-order valence-electron chi connectivity index (χ0n) is 44.8. The van der Waals surface area contributed by atoms with Gasteiger partial charge >= 0.3 is 0 Å². The van der Waals surface area contributed by atoms with E-state index in [1.54, 1.807) is 49.2 Å². The first kappa shape index (κ1) is 59.4. The van der Waals surface area contributed by atoms with Crippen molar-refractivity contribution in [1.82, 2.24) is 58.5 Å². The molecule has 7 aromatic heterocycles. The van der Waals surface area contributed by atoms with Gasteiger partial charge in [-0.15, -0.1) is 11.3 Å². The van der Waals surface area contributed by atoms with E-state index in [4.69, 9.17) is 5.11 Å². The third-order valence-electron chi connectivity index (χ3n) is 10.6. The Kier molecular flexibility index (Phi) is 25.8. The molecule has 0 saturated heterocycles. The Morgan fingerprint density at radius 3 is 1.70 bits per heavy atom. The van der Waals surface area contributed by atoms with Gasteiger partial charge in [0.15, 0.2) is 11.6 Å². The van der Waals surface area contributed by atoms with E-state index in [2.05, 4.69) is 145 Å². The van der Waals surface area contributed by atoms with Gasteiger partial charge in [-0.2, -0.15) is 0 Å². The molecule has 2 N–H and O–H groups in total. The number of thiophene rings is 1. The molecule has 7 aromatic rings. The fourth-order valence-corrected chi connectivity index (χ4v) is 7.80. The van der Waals surface area contributed by atoms with Crippen LogP contribution in [0.2, 0.25) is 0 Å². The van der Waals surface area contributed by atoms with Gasteiger partial charge in [0.2, 0.25) is 0 Å². The first-order valence-corrected chi connectivity index (χ1v) is 24.8. The average molecular weight is 967 g/mol. The van der Waals surface area contributed by atoms with E-state index in [-0.39, 0.29) is 18.2 Å². The lowest BCUT2D eigenvalue weighted by Crippen LogP contribution is -2.14. The van der Waals surface area contributed by atoms with Crippen LogP contribution in [0.5, 0.6) is 0 Å². The Balaban J connectivity index is 0.000000287. The number of ketones is 2. The van der Waals surface area contributed by atoms with Crippen LogP contribution in [0.15, 0.2) is 73.2 Å². The number of carbonyl (C=O) groups excluding carboxylic acids is 2. The number of aliphatic hydroxyl groups is 1. The van der Waals surface area contributed by atoms with Gasteiger partial charge < -0.3 is 28.7 Å². The number of aromatic amines is 1. The molecule has 7 heterocycles. The van der Waals surface area contributed by atoms with Crippen molar-refractivity contribution >= 4 is 33.1 Å². The topological polar surface area (TPSA) is 178 Å². The fourth-order valence-electron chi connectivity index (χ4n) is 6.78. The first-order valence-electron chi connectivity index (χ1n) is 23.9. The summed E-state index contributed by atoms with van der Waals surface area (Å²) in [5.41, 5.74) is 4.73. The van der Waals surface area contributed by atoms with Gasteiger partial charge in [0.05, 0.1) is 41.1 Å². The highest BCUT2D eigenvalue weighted by Gasteiger charge is 2.13. The van der Waals surface area contributed by atoms with Crippen molar-refractivity contribution in [1.29, 1.82) is 0 Å². The maximum Gasteiger partial charge on any atom is 0.180 e. The summed E-state index contributed by atoms with van der Waals surface area (Å²) in [6.45, 7) is 27.8. The van der Waals surface area contributed by atoms with Crippen LogP contribution in [-0.2, 0) is 27.7 Å². The lowest BCUT2D eigenvalue weighted by molar-refractivity contribution is 0.0971. The molecule has 0 unspecified atom stereocenters. The van der Waals surface area contributed by atoms with Gasteiger partial charge in [0.25, 0.3) is 0 Å². The summed E-state index contributed by atoms with van der Waals surface area (Å²) >= 11 is 1.78. The van der Waals surface area contributed by atoms with E-state index >= 15 is 0 Å². The standard InChI is InChI=1S/C12H21N3O.C10H11NS.C9H14N2O.C8H14N2O.C7H12N2.C7H10N2/c1-9(2)12-13-8-10(14-12)11(16)6-5-7-15(3)4;1-7(2)8-3-5-11-9-4-6-12-10(8)9;1-6(2)9-10-5-8(7(3)12)11(9)4;1-6(2)8-9-4-7(5-11)10(8)3;1-6(2)7-8-4-5-9(7)3;1-6(2)7-8-4-3-5-9-7/h8-9H,5-7H2,1-4H3,(H,13,14);3-7H,1-2H3;5-6H,1-4H3;4,6,11H,5H2,1-3H3;4-6H,1-3H3;3-6H,1-2H3. The van der Waals surface area contributed by atoms with E-state index in [1.165, 1.54) is 10.3 Å². The number of nitrogens with zero attached hydrogens (tertiary/aromatic N) is 11. The monoisotopic (exact) mass is 967 g/mol. The largest absolute Gasteiger partial charge is 0.390 e. The minimum atomic E-state index is 0.0657. The third kappa shape index (κ3) is 19.7. The molecule has 69 heavy (non-hydrogen) atoms. The fraction of sp³-hybridized carbons (Fsp3) is 0.528. The molecule has 0 spiro atoms. The Labute approximate surface area is 416 Å². The zero-order valence-corrected chi connectivity index (χ0v) is 45.6. The summed E-state index contributed by atoms with van der Waals surface area (Å²) in [6.07, 6.45) is 15.7. The summed E-state index contributed by atoms with van der Waals surface area (Å²) in [5.74, 6) is 7.83. The van der Waals surface area contributed by atoms with E-state index < -0.39 is 0 Å². The number of fused-ring (bicyclic) bond motifs is 1. The molecular weight excluding hydrogens is 885 g/mol. The number of aliphatic hydroxyl groups excluding tert-OH is 1. The van der Waals surface area contributed by atoms with Crippen molar-refractivity contribution in [3.05, 3.63) is 125 Å². The molecule has 7 rings (SSSR count). The molecule has 0 saturated carbocycles. The third-order valence-corrected chi connectivity index (χ3v) is 11.6. The van der Waals surface area contributed by atoms with Crippen LogP contribution in [0.25, 0.3) is 10.2 Å². The predicted octanol–water partition coefficient (Wildman–Crippen LogP) is 11.4. The summed E-state index contributed by atoms with van der Waals surface area (Å²) in [7, 11) is 9.84. The van der Waals surface area contributed by atoms with Crippen LogP contribution in [-0.4, -0.2) is 95.8 Å². The lowest BCUT2D eigenvalue weighted by atomic mass is 10.0. The smallest absolute Gasteiger partial charge is 0.180 e. The molecule has 0 amide bonds. The van der Waals surface area contributed by atoms with Crippen LogP contribution in [0, 0.1) is 0 Å². The van der Waals surface area contributed by atoms with Crippen molar-refractivity contribution in [2.24, 2.45) is 21.1 Å². The highest BCUT2D eigenvalue weighted by molar-refractivity contribution is 7.17. The Morgan fingerprint density at radius 1 is 0.681 bits per heavy atom. The number of imidazole rings is 4. The maximum absolute atomic E-state index is 11.8. The summed E-state index contributed by atoms with van der Waals surface area (Å²) in [6, 6.07) is 6.02. The van der Waals surface area contributed by atoms with Crippen LogP contribution in [0.1, 0.15) is 200 Å². The number of aryl methyl sites for hydroxylation is 1. The number of rotatable bonds is 13. The van der Waals surface area contributed by atoms with Crippen LogP contribution in [0.4, 0.5) is 0 Å². The number of hydrogen-bond acceptors (Lipinski definition) is 12. The zero-order chi connectivity index (χ0) is 52.0. The van der Waals surface area contributed by atoms with Gasteiger partial charge in [0, 0.05) is 95.1 Å². The maximum atomic E-state index is 11.8. The van der Waals surface area contributed by atoms with E-state index in [1.807, 2.05) is 73.6 Å². The molecule has 0 fully saturated rings. The summed E-state index contributed by atoms with van der Waals surface area (Å²) in [4.78, 5) is 57.1. The molecule has 0 radical (unpaired) electrons. The van der Waals surface area contributed by atoms with Gasteiger partial charge in [-0.05, 0) is 62.1 Å². The normalized spacial score (nSPS) is 10.9. The minimum absolute atomic E-state index is 0.0657. The molecule has 378 valence electrons. The number of H-pyrrole nitrogens is 1. The van der Waals surface area contributed by atoms with Crippen LogP contribution < -0.4 is 0 Å². The molecule has 15 nitrogen and oxygen atoms in total. The summed E-state index contributed by atoms with van der Waals surface area (Å²) < 4.78 is 7.18. The van der Waals surface area contributed by atoms with Crippen LogP contribution in [0.3, 0.4) is 0 Å². The second-order valence-corrected chi connectivity index (χ2v) is 19.8. The summed E-state index contributed by atoms with van der Waals surface area (Å²) in [5, 5.41) is 11.0. The SMILES string of the molecule is CC(=O)c1cnc(C(C)C)n1C.CC(C)c1ccnc2ccsc12.CC(C)c1ncc(C(=O)CCCN(C)C)[nH]1.CC(C)c1ncc(CO)n1C.CC(C)c1ncccn1.CC(C)c1nccn1C. The van der Waals surface area contributed by atoms with Gasteiger partial charge in [-0.25, -0.2) is 29.9 Å². The number of nitrogens with one attached hydrogen (secondary N) is 1. The van der Waals surface area contributed by atoms with Crippen LogP contribution >= 0.6 is 11.3 Å². The van der Waals surface area contributed by atoms with E-state index in [0.717, 1.165) is 53.3 Å². The van der Waals surface area contributed by atoms with E-state index in [0.29, 0.717) is 53.3 Å². The Hall–Kier alpha value is -5.71. The van der Waals surface area contributed by atoms with E-state index in [9.17, 15) is 9.59 Å². The molecule has 0 aliphatic carbocycles. The van der Waals surface area contributed by atoms with Crippen molar-refractivity contribution in [2.75, 3.05) is 20.6 Å². The highest BCUT2D eigenvalue weighted by atomic mass is 32.1. The molecule has 16 heteroatoms. The highest BCUT2D eigenvalue weighted by Crippen LogP contribution is 2.28. The predicted molar refractivity (Wildman–Crippen MR) is 282 cm³/mol. The second-order valence-electron chi connectivity index (χ2n) is 18.9. The molecule has 0 bridgehead atoms. The minimum Gasteiger partial charge on any atom is -0.390 e. The quantitative estimate of drug-likeness (QED) is 0.105. The molecule has 0 aliphatic rings. The van der Waals surface area contributed by atoms with Crippen molar-refractivity contribution < 1.29 is 14.7 Å². The van der Waals surface area contributed by atoms with Crippen molar-refractivity contribution in [2.45, 2.75) is 145 Å². The number of Topliss-reactive ketones (excluding diaryl/α,β-unsaturated/α-hetero) is 2. The lowest BCUT2D eigenvalue weighted by Gasteiger charge is -2.07. The Morgan fingerprint density at radius 2 is 1.29 bits per heavy atom. The molecule has 0 aliphatic heterocycles. The van der Waals surface area contributed by atoms with Gasteiger partial charge in [-0.1, -0.05) is 83.1 Å². The Bertz CT molecular complexity index is 2520. The molecule has 0 aromatic carbocycles. The first-order chi connectivity index (χ1) is 32.5. The number of pyridine rings is 1. The average Bonchev–Trinajstić information content (AvgIpc) is 4.16. The van der Waals surface area contributed by atoms with Gasteiger partial charge in [-0.3, -0.25) is 14.6 Å².